The fourth-order valence-corrected chi connectivity index (χ4v) is 1.31. The standard InChI is InChI=1S/C7H13ClN2O/c8-2-1-7(11)10-5-3-9-4-6-10/h9H,1-6H2. The molecule has 4 heteroatoms. The van der Waals surface area contributed by atoms with Gasteiger partial charge in [0.1, 0.15) is 0 Å². The number of piperazine rings is 1. The lowest BCUT2D eigenvalue weighted by atomic mass is 10.3. The number of nitrogens with one attached hydrogen (secondary N) is 1. The summed E-state index contributed by atoms with van der Waals surface area (Å²) in [7, 11) is 0. The molecule has 11 heavy (non-hydrogen) atoms. The van der Waals surface area contributed by atoms with Gasteiger partial charge in [0.2, 0.25) is 5.91 Å². The molecule has 0 atom stereocenters. The Hall–Kier alpha value is -0.280. The average Bonchev–Trinajstić information content (AvgIpc) is 2.07. The molecule has 0 aromatic carbocycles. The van der Waals surface area contributed by atoms with Gasteiger partial charge in [0.05, 0.1) is 0 Å². The van der Waals surface area contributed by atoms with E-state index in [0.717, 1.165) is 26.2 Å². The Morgan fingerprint density at radius 1 is 1.45 bits per heavy atom. The zero-order chi connectivity index (χ0) is 8.10. The van der Waals surface area contributed by atoms with E-state index in [4.69, 9.17) is 11.6 Å². The van der Waals surface area contributed by atoms with Gasteiger partial charge in [-0.05, 0) is 0 Å². The molecule has 0 radical (unpaired) electrons. The number of alkyl halides is 1. The van der Waals surface area contributed by atoms with Gasteiger partial charge in [0, 0.05) is 38.5 Å². The summed E-state index contributed by atoms with van der Waals surface area (Å²) in [4.78, 5) is 13.1. The number of amides is 1. The Kier molecular flexibility index (Phi) is 3.66. The summed E-state index contributed by atoms with van der Waals surface area (Å²) in [6, 6.07) is 0. The zero-order valence-electron chi connectivity index (χ0n) is 6.48. The van der Waals surface area contributed by atoms with Gasteiger partial charge < -0.3 is 10.2 Å². The molecule has 0 saturated carbocycles. The van der Waals surface area contributed by atoms with Gasteiger partial charge in [0.25, 0.3) is 0 Å². The van der Waals surface area contributed by atoms with Crippen molar-refractivity contribution in [1.82, 2.24) is 10.2 Å². The van der Waals surface area contributed by atoms with Gasteiger partial charge in [-0.3, -0.25) is 4.79 Å². The average molecular weight is 177 g/mol. The molecule has 1 saturated heterocycles. The molecule has 3 nitrogen and oxygen atoms in total. The Morgan fingerprint density at radius 2 is 2.09 bits per heavy atom. The second-order valence-corrected chi connectivity index (χ2v) is 2.95. The molecule has 64 valence electrons. The molecule has 1 aliphatic rings. The van der Waals surface area contributed by atoms with Crippen molar-refractivity contribution in [2.75, 3.05) is 32.1 Å². The van der Waals surface area contributed by atoms with E-state index in [-0.39, 0.29) is 5.91 Å². The van der Waals surface area contributed by atoms with Crippen molar-refractivity contribution in [1.29, 1.82) is 0 Å². The molecule has 1 rings (SSSR count). The second kappa shape index (κ2) is 4.57. The van der Waals surface area contributed by atoms with Crippen LogP contribution in [-0.2, 0) is 4.79 Å². The van der Waals surface area contributed by atoms with Gasteiger partial charge in [-0.2, -0.15) is 0 Å². The topological polar surface area (TPSA) is 32.3 Å². The van der Waals surface area contributed by atoms with Crippen molar-refractivity contribution in [2.24, 2.45) is 0 Å². The van der Waals surface area contributed by atoms with Gasteiger partial charge in [-0.25, -0.2) is 0 Å². The van der Waals surface area contributed by atoms with E-state index in [1.165, 1.54) is 0 Å². The fourth-order valence-electron chi connectivity index (χ4n) is 1.15. The van der Waals surface area contributed by atoms with Crippen LogP contribution in [0.5, 0.6) is 0 Å². The SMILES string of the molecule is O=C(CCCl)N1CCNCC1. The highest BCUT2D eigenvalue weighted by Crippen LogP contribution is 1.97. The van der Waals surface area contributed by atoms with Crippen molar-refractivity contribution >= 4 is 17.5 Å². The molecule has 1 N–H and O–H groups in total. The van der Waals surface area contributed by atoms with E-state index in [9.17, 15) is 4.79 Å². The zero-order valence-corrected chi connectivity index (χ0v) is 7.23. The van der Waals surface area contributed by atoms with Crippen LogP contribution >= 0.6 is 11.6 Å². The third-order valence-corrected chi connectivity index (χ3v) is 1.97. The third-order valence-electron chi connectivity index (χ3n) is 1.78. The van der Waals surface area contributed by atoms with Crippen LogP contribution in [0.15, 0.2) is 0 Å². The lowest BCUT2D eigenvalue weighted by molar-refractivity contribution is -0.131. The van der Waals surface area contributed by atoms with E-state index in [1.807, 2.05) is 4.90 Å². The predicted molar refractivity (Wildman–Crippen MR) is 44.8 cm³/mol. The van der Waals surface area contributed by atoms with Crippen LogP contribution in [0.4, 0.5) is 0 Å². The summed E-state index contributed by atoms with van der Waals surface area (Å²) in [6.07, 6.45) is 0.474. The molecule has 0 bridgehead atoms. The fraction of sp³-hybridized carbons (Fsp3) is 0.857. The van der Waals surface area contributed by atoms with Crippen LogP contribution in [0.3, 0.4) is 0 Å². The summed E-state index contributed by atoms with van der Waals surface area (Å²) in [5.41, 5.74) is 0. The highest BCUT2D eigenvalue weighted by Gasteiger charge is 2.14. The van der Waals surface area contributed by atoms with E-state index in [0.29, 0.717) is 12.3 Å². The van der Waals surface area contributed by atoms with Crippen LogP contribution in [0.2, 0.25) is 0 Å². The normalized spacial score (nSPS) is 18.5. The number of halogens is 1. The molecule has 0 aromatic rings. The number of hydrogen-bond acceptors (Lipinski definition) is 2. The summed E-state index contributed by atoms with van der Waals surface area (Å²) < 4.78 is 0. The minimum absolute atomic E-state index is 0.182. The molecule has 0 unspecified atom stereocenters. The van der Waals surface area contributed by atoms with E-state index < -0.39 is 0 Å². The first kappa shape index (κ1) is 8.81. The van der Waals surface area contributed by atoms with E-state index in [1.54, 1.807) is 0 Å². The maximum Gasteiger partial charge on any atom is 0.223 e. The van der Waals surface area contributed by atoms with Crippen LogP contribution in [0, 0.1) is 0 Å². The van der Waals surface area contributed by atoms with Gasteiger partial charge >= 0.3 is 0 Å². The first-order valence-corrected chi connectivity index (χ1v) is 4.42. The molecule has 0 aliphatic carbocycles. The number of carbonyl (C=O) groups is 1. The number of rotatable bonds is 2. The van der Waals surface area contributed by atoms with Crippen molar-refractivity contribution in [3.8, 4) is 0 Å². The smallest absolute Gasteiger partial charge is 0.223 e. The molecule has 1 heterocycles. The minimum Gasteiger partial charge on any atom is -0.340 e. The molecule has 1 aliphatic heterocycles. The van der Waals surface area contributed by atoms with Crippen LogP contribution in [0.25, 0.3) is 0 Å². The van der Waals surface area contributed by atoms with Crippen LogP contribution in [-0.4, -0.2) is 42.9 Å². The lowest BCUT2D eigenvalue weighted by Gasteiger charge is -2.27. The molecular formula is C7H13ClN2O. The van der Waals surface area contributed by atoms with Crippen molar-refractivity contribution < 1.29 is 4.79 Å². The van der Waals surface area contributed by atoms with Crippen molar-refractivity contribution in [3.63, 3.8) is 0 Å². The lowest BCUT2D eigenvalue weighted by Crippen LogP contribution is -2.46. The summed E-state index contributed by atoms with van der Waals surface area (Å²) in [6.45, 7) is 3.48. The third kappa shape index (κ3) is 2.67. The van der Waals surface area contributed by atoms with E-state index in [2.05, 4.69) is 5.32 Å². The van der Waals surface area contributed by atoms with Crippen LogP contribution < -0.4 is 5.32 Å². The maximum absolute atomic E-state index is 11.2. The van der Waals surface area contributed by atoms with Crippen LogP contribution in [0.1, 0.15) is 6.42 Å². The Morgan fingerprint density at radius 3 is 2.64 bits per heavy atom. The number of carbonyl (C=O) groups excluding carboxylic acids is 1. The molecule has 0 spiro atoms. The monoisotopic (exact) mass is 176 g/mol. The summed E-state index contributed by atoms with van der Waals surface area (Å²) in [5.74, 6) is 0.615. The largest absolute Gasteiger partial charge is 0.340 e. The summed E-state index contributed by atoms with van der Waals surface area (Å²) in [5, 5.41) is 3.18. The number of nitrogens with zero attached hydrogens (tertiary/aromatic N) is 1. The molecule has 0 aromatic heterocycles. The second-order valence-electron chi connectivity index (χ2n) is 2.57. The highest BCUT2D eigenvalue weighted by molar-refractivity contribution is 6.18. The first-order valence-electron chi connectivity index (χ1n) is 3.89. The maximum atomic E-state index is 11.2. The van der Waals surface area contributed by atoms with Crippen molar-refractivity contribution in [3.05, 3.63) is 0 Å². The highest BCUT2D eigenvalue weighted by atomic mass is 35.5. The van der Waals surface area contributed by atoms with Gasteiger partial charge in [-0.15, -0.1) is 11.6 Å². The predicted octanol–water partition coefficient (Wildman–Crippen LogP) is 0.0471. The number of hydrogen-bond donors (Lipinski definition) is 1. The van der Waals surface area contributed by atoms with Gasteiger partial charge in [0.15, 0.2) is 0 Å². The van der Waals surface area contributed by atoms with Gasteiger partial charge in [-0.1, -0.05) is 0 Å². The quantitative estimate of drug-likeness (QED) is 0.603. The van der Waals surface area contributed by atoms with E-state index >= 15 is 0 Å². The molecule has 1 amide bonds. The summed E-state index contributed by atoms with van der Waals surface area (Å²) >= 11 is 5.45. The first-order chi connectivity index (χ1) is 5.34. The van der Waals surface area contributed by atoms with Crippen molar-refractivity contribution in [2.45, 2.75) is 6.42 Å². The molecule has 1 fully saturated rings. The minimum atomic E-state index is 0.182. The molecular weight excluding hydrogens is 164 g/mol. The Balaban J connectivity index is 2.27. The Labute approximate surface area is 71.7 Å². The Bertz CT molecular complexity index is 134.